The number of aryl methyl sites for hydroxylation is 2. The summed E-state index contributed by atoms with van der Waals surface area (Å²) in [7, 11) is 1.83. The minimum absolute atomic E-state index is 0.260. The summed E-state index contributed by atoms with van der Waals surface area (Å²) in [5, 5.41) is 4.83. The Hall–Kier alpha value is -0.830. The largest absolute Gasteiger partial charge is 0.299 e. The molecular weight excluding hydrogens is 212 g/mol. The summed E-state index contributed by atoms with van der Waals surface area (Å²) in [6.45, 7) is 3.97. The van der Waals surface area contributed by atoms with E-state index in [1.54, 1.807) is 4.68 Å². The Kier molecular flexibility index (Phi) is 2.59. The molecule has 1 saturated carbocycles. The summed E-state index contributed by atoms with van der Waals surface area (Å²) in [6, 6.07) is 0. The Morgan fingerprint density at radius 2 is 2.27 bits per heavy atom. The summed E-state index contributed by atoms with van der Waals surface area (Å²) in [5.41, 5.74) is 1.64. The number of hydrogen-bond acceptors (Lipinski definition) is 2. The second-order valence-electron chi connectivity index (χ2n) is 4.43. The third-order valence-corrected chi connectivity index (χ3v) is 3.62. The van der Waals surface area contributed by atoms with Gasteiger partial charge in [-0.15, -0.1) is 0 Å². The Bertz CT molecular complexity index is 411. The molecule has 0 spiro atoms. The second kappa shape index (κ2) is 3.63. The molecule has 0 N–H and O–H groups in total. The molecule has 15 heavy (non-hydrogen) atoms. The molecule has 1 aliphatic rings. The van der Waals surface area contributed by atoms with Crippen LogP contribution in [0, 0.1) is 18.8 Å². The molecule has 0 bridgehead atoms. The normalized spacial score (nSPS) is 24.3. The number of aromatic nitrogens is 2. The van der Waals surface area contributed by atoms with Gasteiger partial charge in [0.25, 0.3) is 0 Å². The van der Waals surface area contributed by atoms with Crippen molar-refractivity contribution in [3.05, 3.63) is 16.4 Å². The third-order valence-electron chi connectivity index (χ3n) is 3.13. The maximum Gasteiger partial charge on any atom is 0.142 e. The monoisotopic (exact) mass is 226 g/mol. The van der Waals surface area contributed by atoms with Crippen molar-refractivity contribution in [2.24, 2.45) is 18.9 Å². The van der Waals surface area contributed by atoms with E-state index < -0.39 is 0 Å². The predicted octanol–water partition coefficient (Wildman–Crippen LogP) is 2.15. The maximum absolute atomic E-state index is 11.8. The highest BCUT2D eigenvalue weighted by molar-refractivity contribution is 6.32. The maximum atomic E-state index is 11.8. The zero-order valence-corrected chi connectivity index (χ0v) is 10.0. The smallest absolute Gasteiger partial charge is 0.142 e. The molecule has 1 aromatic rings. The van der Waals surface area contributed by atoms with E-state index in [-0.39, 0.29) is 5.92 Å². The number of rotatable bonds is 3. The molecule has 3 nitrogen and oxygen atoms in total. The van der Waals surface area contributed by atoms with Crippen molar-refractivity contribution in [3.8, 4) is 0 Å². The molecule has 2 atom stereocenters. The van der Waals surface area contributed by atoms with Crippen molar-refractivity contribution in [2.45, 2.75) is 26.7 Å². The first-order valence-corrected chi connectivity index (χ1v) is 5.59. The highest BCUT2D eigenvalue weighted by Gasteiger charge is 2.39. The average Bonchev–Trinajstić information content (AvgIpc) is 2.84. The van der Waals surface area contributed by atoms with Crippen LogP contribution in [-0.4, -0.2) is 15.6 Å². The van der Waals surface area contributed by atoms with Gasteiger partial charge in [0.2, 0.25) is 0 Å². The fourth-order valence-corrected chi connectivity index (χ4v) is 2.17. The van der Waals surface area contributed by atoms with Crippen LogP contribution < -0.4 is 0 Å². The fourth-order valence-electron chi connectivity index (χ4n) is 1.94. The number of halogens is 1. The van der Waals surface area contributed by atoms with E-state index in [2.05, 4.69) is 12.0 Å². The Morgan fingerprint density at radius 1 is 1.67 bits per heavy atom. The van der Waals surface area contributed by atoms with Crippen LogP contribution in [0.1, 0.15) is 24.7 Å². The molecule has 1 fully saturated rings. The standard InChI is InChI=1S/C11H15ClN2O/c1-6-4-8(6)10(15)5-9-11(12)7(2)13-14(9)3/h6,8H,4-5H2,1-3H3. The van der Waals surface area contributed by atoms with Gasteiger partial charge in [0.15, 0.2) is 0 Å². The van der Waals surface area contributed by atoms with Gasteiger partial charge in [-0.2, -0.15) is 5.10 Å². The molecule has 1 aliphatic carbocycles. The second-order valence-corrected chi connectivity index (χ2v) is 4.81. The third kappa shape index (κ3) is 1.93. The molecule has 0 aliphatic heterocycles. The van der Waals surface area contributed by atoms with Crippen LogP contribution in [0.4, 0.5) is 0 Å². The topological polar surface area (TPSA) is 34.9 Å². The number of ketones is 1. The molecule has 2 rings (SSSR count). The van der Waals surface area contributed by atoms with E-state index in [4.69, 9.17) is 11.6 Å². The lowest BCUT2D eigenvalue weighted by Gasteiger charge is -2.01. The van der Waals surface area contributed by atoms with Gasteiger partial charge in [-0.25, -0.2) is 0 Å². The molecule has 82 valence electrons. The van der Waals surface area contributed by atoms with Crippen LogP contribution in [-0.2, 0) is 18.3 Å². The zero-order valence-electron chi connectivity index (χ0n) is 9.25. The molecule has 4 heteroatoms. The lowest BCUT2D eigenvalue weighted by molar-refractivity contribution is -0.119. The fraction of sp³-hybridized carbons (Fsp3) is 0.636. The molecule has 1 heterocycles. The van der Waals surface area contributed by atoms with Crippen molar-refractivity contribution in [3.63, 3.8) is 0 Å². The van der Waals surface area contributed by atoms with Gasteiger partial charge in [-0.1, -0.05) is 18.5 Å². The van der Waals surface area contributed by atoms with Crippen molar-refractivity contribution in [2.75, 3.05) is 0 Å². The predicted molar refractivity (Wildman–Crippen MR) is 58.9 cm³/mol. The highest BCUT2D eigenvalue weighted by atomic mass is 35.5. The van der Waals surface area contributed by atoms with E-state index in [1.807, 2.05) is 14.0 Å². The van der Waals surface area contributed by atoms with Crippen LogP contribution >= 0.6 is 11.6 Å². The first-order valence-electron chi connectivity index (χ1n) is 5.21. The van der Waals surface area contributed by atoms with Crippen molar-refractivity contribution in [1.82, 2.24) is 9.78 Å². The van der Waals surface area contributed by atoms with Crippen LogP contribution in [0.25, 0.3) is 0 Å². The molecule has 1 aromatic heterocycles. The van der Waals surface area contributed by atoms with Crippen molar-refractivity contribution in [1.29, 1.82) is 0 Å². The number of Topliss-reactive ketones (excluding diaryl/α,β-unsaturated/α-hetero) is 1. The summed E-state index contributed by atoms with van der Waals surface area (Å²) in [6.07, 6.45) is 1.46. The van der Waals surface area contributed by atoms with Gasteiger partial charge in [-0.05, 0) is 19.3 Å². The van der Waals surface area contributed by atoms with Gasteiger partial charge in [0.05, 0.1) is 22.8 Å². The van der Waals surface area contributed by atoms with Crippen LogP contribution in [0.5, 0.6) is 0 Å². The molecule has 0 aromatic carbocycles. The van der Waals surface area contributed by atoms with Gasteiger partial charge in [-0.3, -0.25) is 9.48 Å². The summed E-state index contributed by atoms with van der Waals surface area (Å²) in [5.74, 6) is 1.12. The quantitative estimate of drug-likeness (QED) is 0.792. The van der Waals surface area contributed by atoms with Gasteiger partial charge < -0.3 is 0 Å². The van der Waals surface area contributed by atoms with E-state index >= 15 is 0 Å². The summed E-state index contributed by atoms with van der Waals surface area (Å²) in [4.78, 5) is 11.8. The van der Waals surface area contributed by atoms with E-state index in [0.717, 1.165) is 17.8 Å². The lowest BCUT2D eigenvalue weighted by atomic mass is 10.1. The first kappa shape index (κ1) is 10.7. The van der Waals surface area contributed by atoms with Crippen molar-refractivity contribution < 1.29 is 4.79 Å². The Labute approximate surface area is 94.4 Å². The van der Waals surface area contributed by atoms with Gasteiger partial charge in [0.1, 0.15) is 5.78 Å². The summed E-state index contributed by atoms with van der Waals surface area (Å²) < 4.78 is 1.71. The molecule has 2 unspecified atom stereocenters. The number of carbonyl (C=O) groups excluding carboxylic acids is 1. The number of hydrogen-bond donors (Lipinski definition) is 0. The Morgan fingerprint density at radius 3 is 2.67 bits per heavy atom. The SMILES string of the molecule is Cc1nn(C)c(CC(=O)C2CC2C)c1Cl. The van der Waals surface area contributed by atoms with Crippen LogP contribution in [0.15, 0.2) is 0 Å². The minimum Gasteiger partial charge on any atom is -0.299 e. The average molecular weight is 227 g/mol. The van der Waals surface area contributed by atoms with E-state index in [9.17, 15) is 4.79 Å². The van der Waals surface area contributed by atoms with E-state index in [1.165, 1.54) is 0 Å². The van der Waals surface area contributed by atoms with Gasteiger partial charge in [0, 0.05) is 13.0 Å². The first-order chi connectivity index (χ1) is 7.00. The number of nitrogens with zero attached hydrogens (tertiary/aromatic N) is 2. The zero-order chi connectivity index (χ0) is 11.2. The number of carbonyl (C=O) groups is 1. The van der Waals surface area contributed by atoms with Crippen molar-refractivity contribution >= 4 is 17.4 Å². The highest BCUT2D eigenvalue weighted by Crippen LogP contribution is 2.39. The Balaban J connectivity index is 2.13. The molecule has 0 saturated heterocycles. The molecule has 0 amide bonds. The van der Waals surface area contributed by atoms with Crippen LogP contribution in [0.2, 0.25) is 5.02 Å². The van der Waals surface area contributed by atoms with E-state index in [0.29, 0.717) is 23.1 Å². The molecular formula is C11H15ClN2O. The van der Waals surface area contributed by atoms with Gasteiger partial charge >= 0.3 is 0 Å². The molecule has 0 radical (unpaired) electrons. The van der Waals surface area contributed by atoms with Crippen LogP contribution in [0.3, 0.4) is 0 Å². The lowest BCUT2D eigenvalue weighted by Crippen LogP contribution is -2.10. The minimum atomic E-state index is 0.260. The summed E-state index contributed by atoms with van der Waals surface area (Å²) >= 11 is 6.08.